The Morgan fingerprint density at radius 2 is 1.64 bits per heavy atom. The first kappa shape index (κ1) is 25.1. The maximum absolute atomic E-state index is 12.6. The molecule has 1 aliphatic heterocycles. The third-order valence-electron chi connectivity index (χ3n) is 5.01. The highest BCUT2D eigenvalue weighted by atomic mass is 32.2. The zero-order valence-electron chi connectivity index (χ0n) is 18.4. The Morgan fingerprint density at radius 3 is 2.21 bits per heavy atom. The summed E-state index contributed by atoms with van der Waals surface area (Å²) in [5, 5.41) is 2.66. The van der Waals surface area contributed by atoms with Crippen LogP contribution in [0.4, 0.5) is 5.69 Å². The number of amides is 1. The van der Waals surface area contributed by atoms with Crippen molar-refractivity contribution in [2.75, 3.05) is 51.5 Å². The Bertz CT molecular complexity index is 1160. The molecule has 1 N–H and O–H groups in total. The first-order valence-electron chi connectivity index (χ1n) is 10.2. The van der Waals surface area contributed by atoms with Crippen LogP contribution in [0.25, 0.3) is 0 Å². The van der Waals surface area contributed by atoms with Gasteiger partial charge >= 0.3 is 0 Å². The van der Waals surface area contributed by atoms with Crippen molar-refractivity contribution >= 4 is 31.6 Å². The first-order valence-corrected chi connectivity index (χ1v) is 13.5. The summed E-state index contributed by atoms with van der Waals surface area (Å²) in [7, 11) is -5.37. The number of rotatable bonds is 9. The molecular formula is C21H27N3O7S2. The molecule has 0 aliphatic carbocycles. The van der Waals surface area contributed by atoms with Crippen molar-refractivity contribution in [3.8, 4) is 5.75 Å². The number of hydrogen-bond donors (Lipinski definition) is 1. The molecule has 33 heavy (non-hydrogen) atoms. The Labute approximate surface area is 194 Å². The van der Waals surface area contributed by atoms with Crippen LogP contribution in [0, 0.1) is 0 Å². The van der Waals surface area contributed by atoms with Crippen molar-refractivity contribution in [2.45, 2.75) is 11.4 Å². The molecule has 0 atom stereocenters. The van der Waals surface area contributed by atoms with Gasteiger partial charge in [-0.1, -0.05) is 12.1 Å². The van der Waals surface area contributed by atoms with Gasteiger partial charge < -0.3 is 14.8 Å². The molecule has 10 nitrogen and oxygen atoms in total. The van der Waals surface area contributed by atoms with Crippen LogP contribution in [-0.2, 0) is 36.1 Å². The number of benzene rings is 2. The molecule has 0 saturated carbocycles. The normalized spacial score (nSPS) is 15.4. The van der Waals surface area contributed by atoms with Crippen LogP contribution in [0.2, 0.25) is 0 Å². The molecule has 1 aliphatic rings. The number of anilines is 1. The second kappa shape index (κ2) is 10.6. The number of nitrogens with zero attached hydrogens (tertiary/aromatic N) is 2. The largest absolute Gasteiger partial charge is 0.484 e. The van der Waals surface area contributed by atoms with Crippen molar-refractivity contribution in [2.24, 2.45) is 0 Å². The maximum Gasteiger partial charge on any atom is 0.262 e. The van der Waals surface area contributed by atoms with E-state index in [1.807, 2.05) is 0 Å². The van der Waals surface area contributed by atoms with E-state index in [2.05, 4.69) is 5.32 Å². The van der Waals surface area contributed by atoms with E-state index in [0.29, 0.717) is 37.7 Å². The predicted molar refractivity (Wildman–Crippen MR) is 123 cm³/mol. The van der Waals surface area contributed by atoms with Gasteiger partial charge in [0.15, 0.2) is 6.61 Å². The van der Waals surface area contributed by atoms with Gasteiger partial charge in [-0.25, -0.2) is 21.1 Å². The molecule has 0 spiro atoms. The van der Waals surface area contributed by atoms with Gasteiger partial charge in [0.2, 0.25) is 20.0 Å². The molecule has 3 rings (SSSR count). The predicted octanol–water partition coefficient (Wildman–Crippen LogP) is 1.12. The Hall–Kier alpha value is -2.51. The zero-order chi connectivity index (χ0) is 24.1. The first-order chi connectivity index (χ1) is 15.6. The van der Waals surface area contributed by atoms with Crippen LogP contribution in [0.15, 0.2) is 53.4 Å². The number of ether oxygens (including phenoxy) is 2. The molecular weight excluding hydrogens is 470 g/mol. The smallest absolute Gasteiger partial charge is 0.262 e. The minimum absolute atomic E-state index is 0.153. The minimum atomic E-state index is -3.59. The fourth-order valence-electron chi connectivity index (χ4n) is 3.06. The van der Waals surface area contributed by atoms with Gasteiger partial charge in [-0.2, -0.15) is 4.31 Å². The van der Waals surface area contributed by atoms with Crippen LogP contribution in [0.3, 0.4) is 0 Å². The Kier molecular flexibility index (Phi) is 8.08. The van der Waals surface area contributed by atoms with Crippen LogP contribution in [0.5, 0.6) is 5.75 Å². The molecule has 180 valence electrons. The third kappa shape index (κ3) is 6.98. The summed E-state index contributed by atoms with van der Waals surface area (Å²) in [6.45, 7) is 1.36. The van der Waals surface area contributed by atoms with Crippen LogP contribution in [-0.4, -0.2) is 77.6 Å². The van der Waals surface area contributed by atoms with E-state index in [4.69, 9.17) is 9.47 Å². The molecule has 0 radical (unpaired) electrons. The number of hydrogen-bond acceptors (Lipinski definition) is 7. The molecule has 1 fully saturated rings. The number of nitrogens with one attached hydrogen (secondary N) is 1. The summed E-state index contributed by atoms with van der Waals surface area (Å²) < 4.78 is 61.5. The zero-order valence-corrected chi connectivity index (χ0v) is 20.1. The number of carbonyl (C=O) groups is 1. The lowest BCUT2D eigenvalue weighted by molar-refractivity contribution is -0.118. The molecule has 12 heteroatoms. The third-order valence-corrected chi connectivity index (χ3v) is 8.18. The van der Waals surface area contributed by atoms with Gasteiger partial charge in [0.1, 0.15) is 5.75 Å². The van der Waals surface area contributed by atoms with E-state index in [1.54, 1.807) is 24.3 Å². The average Bonchev–Trinajstić information content (AvgIpc) is 2.79. The minimum Gasteiger partial charge on any atom is -0.484 e. The monoisotopic (exact) mass is 497 g/mol. The highest BCUT2D eigenvalue weighted by Gasteiger charge is 2.26. The lowest BCUT2D eigenvalue weighted by atomic mass is 10.2. The SMILES string of the molecule is CN(Cc1ccc(OCC(=O)Nc2ccc(S(=O)(=O)N3CCOCC3)cc2)cc1)S(C)(=O)=O. The number of carbonyl (C=O) groups excluding carboxylic acids is 1. The standard InChI is InChI=1S/C21H27N3O7S2/c1-23(32(2,26)27)15-17-3-7-19(8-4-17)31-16-21(25)22-18-5-9-20(10-6-18)33(28,29)24-11-13-30-14-12-24/h3-10H,11-16H2,1-2H3,(H,22,25). The topological polar surface area (TPSA) is 122 Å². The molecule has 0 bridgehead atoms. The van der Waals surface area contributed by atoms with E-state index in [9.17, 15) is 21.6 Å². The van der Waals surface area contributed by atoms with Gasteiger partial charge in [0.25, 0.3) is 5.91 Å². The van der Waals surface area contributed by atoms with Crippen molar-refractivity contribution in [1.82, 2.24) is 8.61 Å². The number of morpholine rings is 1. The summed E-state index contributed by atoms with van der Waals surface area (Å²) in [5.41, 5.74) is 1.23. The molecule has 2 aromatic rings. The fraction of sp³-hybridized carbons (Fsp3) is 0.381. The highest BCUT2D eigenvalue weighted by Crippen LogP contribution is 2.20. The average molecular weight is 498 g/mol. The quantitative estimate of drug-likeness (QED) is 0.551. The summed E-state index contributed by atoms with van der Waals surface area (Å²) >= 11 is 0. The van der Waals surface area contributed by atoms with Crippen LogP contribution < -0.4 is 10.1 Å². The van der Waals surface area contributed by atoms with E-state index >= 15 is 0 Å². The van der Waals surface area contributed by atoms with Crippen molar-refractivity contribution in [3.05, 3.63) is 54.1 Å². The lowest BCUT2D eigenvalue weighted by Crippen LogP contribution is -2.40. The van der Waals surface area contributed by atoms with E-state index < -0.39 is 26.0 Å². The van der Waals surface area contributed by atoms with E-state index in [0.717, 1.165) is 11.8 Å². The summed E-state index contributed by atoms with van der Waals surface area (Å²) in [6.07, 6.45) is 1.14. The highest BCUT2D eigenvalue weighted by molar-refractivity contribution is 7.89. The molecule has 2 aromatic carbocycles. The molecule has 0 unspecified atom stereocenters. The van der Waals surface area contributed by atoms with Crippen LogP contribution >= 0.6 is 0 Å². The van der Waals surface area contributed by atoms with E-state index in [-0.39, 0.29) is 18.0 Å². The van der Waals surface area contributed by atoms with E-state index in [1.165, 1.54) is 39.9 Å². The van der Waals surface area contributed by atoms with Gasteiger partial charge in [0.05, 0.1) is 24.4 Å². The van der Waals surface area contributed by atoms with Crippen molar-refractivity contribution in [3.63, 3.8) is 0 Å². The molecule has 1 amide bonds. The maximum atomic E-state index is 12.6. The molecule has 1 heterocycles. The van der Waals surface area contributed by atoms with Crippen molar-refractivity contribution in [1.29, 1.82) is 0 Å². The molecule has 1 saturated heterocycles. The second-order valence-corrected chi connectivity index (χ2v) is 11.6. The van der Waals surface area contributed by atoms with Gasteiger partial charge in [-0.05, 0) is 42.0 Å². The van der Waals surface area contributed by atoms with Crippen molar-refractivity contribution < 1.29 is 31.1 Å². The Balaban J connectivity index is 1.51. The summed E-state index contributed by atoms with van der Waals surface area (Å²) in [5.74, 6) is 0.0579. The van der Waals surface area contributed by atoms with Gasteiger partial charge in [-0.3, -0.25) is 4.79 Å². The number of sulfonamides is 2. The summed E-state index contributed by atoms with van der Waals surface area (Å²) in [4.78, 5) is 12.3. The van der Waals surface area contributed by atoms with Crippen LogP contribution in [0.1, 0.15) is 5.56 Å². The fourth-order valence-corrected chi connectivity index (χ4v) is 4.85. The second-order valence-electron chi connectivity index (χ2n) is 7.54. The van der Waals surface area contributed by atoms with Gasteiger partial charge in [-0.15, -0.1) is 0 Å². The lowest BCUT2D eigenvalue weighted by Gasteiger charge is -2.26. The molecule has 0 aromatic heterocycles. The Morgan fingerprint density at radius 1 is 1.03 bits per heavy atom. The summed E-state index contributed by atoms with van der Waals surface area (Å²) in [6, 6.07) is 12.7. The van der Waals surface area contributed by atoms with Gasteiger partial charge in [0, 0.05) is 32.4 Å².